The number of aryl methyl sites for hydroxylation is 1. The standard InChI is InChI=1S/C6H5BrN/c1-5-2-3-6(7)8-4-5/h2,4H,1H3. The Morgan fingerprint density at radius 1 is 1.75 bits per heavy atom. The highest BCUT2D eigenvalue weighted by atomic mass is 79.9. The van der Waals surface area contributed by atoms with Gasteiger partial charge in [-0.25, -0.2) is 4.98 Å². The van der Waals surface area contributed by atoms with Crippen LogP contribution in [0.5, 0.6) is 0 Å². The van der Waals surface area contributed by atoms with E-state index in [9.17, 15) is 0 Å². The van der Waals surface area contributed by atoms with Crippen molar-refractivity contribution in [3.05, 3.63) is 28.5 Å². The van der Waals surface area contributed by atoms with Crippen LogP contribution in [0.3, 0.4) is 0 Å². The Hall–Kier alpha value is -0.370. The summed E-state index contributed by atoms with van der Waals surface area (Å²) < 4.78 is 0.767. The molecular weight excluding hydrogens is 166 g/mol. The Balaban J connectivity index is 3.03. The zero-order chi connectivity index (χ0) is 5.98. The van der Waals surface area contributed by atoms with E-state index in [0.29, 0.717) is 0 Å². The van der Waals surface area contributed by atoms with E-state index in [-0.39, 0.29) is 0 Å². The van der Waals surface area contributed by atoms with Crippen LogP contribution in [-0.4, -0.2) is 4.98 Å². The van der Waals surface area contributed by atoms with Crippen LogP contribution in [-0.2, 0) is 0 Å². The fourth-order valence-electron chi connectivity index (χ4n) is 0.406. The molecule has 0 spiro atoms. The lowest BCUT2D eigenvalue weighted by molar-refractivity contribution is 1.22. The molecule has 0 aliphatic carbocycles. The first-order valence-corrected chi connectivity index (χ1v) is 3.08. The van der Waals surface area contributed by atoms with Gasteiger partial charge in [-0.2, -0.15) is 0 Å². The van der Waals surface area contributed by atoms with Crippen molar-refractivity contribution in [3.63, 3.8) is 0 Å². The van der Waals surface area contributed by atoms with Gasteiger partial charge in [-0.3, -0.25) is 0 Å². The molecule has 1 rings (SSSR count). The van der Waals surface area contributed by atoms with E-state index in [1.807, 2.05) is 13.0 Å². The maximum atomic E-state index is 3.94. The number of nitrogens with zero attached hydrogens (tertiary/aromatic N) is 1. The highest BCUT2D eigenvalue weighted by Crippen LogP contribution is 2.03. The molecule has 1 aromatic rings. The van der Waals surface area contributed by atoms with Crippen molar-refractivity contribution in [2.45, 2.75) is 6.92 Å². The summed E-state index contributed by atoms with van der Waals surface area (Å²) in [4.78, 5) is 3.94. The number of hydrogen-bond acceptors (Lipinski definition) is 1. The Bertz CT molecular complexity index is 147. The number of aromatic nitrogens is 1. The normalized spacial score (nSPS) is 9.25. The van der Waals surface area contributed by atoms with Crippen molar-refractivity contribution < 1.29 is 0 Å². The van der Waals surface area contributed by atoms with Crippen molar-refractivity contribution >= 4 is 15.9 Å². The second kappa shape index (κ2) is 2.27. The topological polar surface area (TPSA) is 12.9 Å². The minimum Gasteiger partial charge on any atom is -0.248 e. The summed E-state index contributed by atoms with van der Waals surface area (Å²) >= 11 is 3.18. The Morgan fingerprint density at radius 3 is 2.88 bits per heavy atom. The molecule has 0 unspecified atom stereocenters. The Morgan fingerprint density at radius 2 is 2.50 bits per heavy atom. The molecule has 0 atom stereocenters. The molecule has 41 valence electrons. The molecule has 0 aliphatic rings. The van der Waals surface area contributed by atoms with Gasteiger partial charge in [-0.15, -0.1) is 0 Å². The van der Waals surface area contributed by atoms with Gasteiger partial charge in [0.2, 0.25) is 0 Å². The van der Waals surface area contributed by atoms with E-state index in [1.54, 1.807) is 6.20 Å². The van der Waals surface area contributed by atoms with Crippen LogP contribution in [0.4, 0.5) is 0 Å². The third-order valence-corrected chi connectivity index (χ3v) is 1.23. The number of halogens is 1. The fraction of sp³-hybridized carbons (Fsp3) is 0.167. The second-order valence-electron chi connectivity index (χ2n) is 1.58. The maximum absolute atomic E-state index is 3.94. The highest BCUT2D eigenvalue weighted by Gasteiger charge is 1.83. The predicted octanol–water partition coefficient (Wildman–Crippen LogP) is 1.95. The van der Waals surface area contributed by atoms with Crippen LogP contribution >= 0.6 is 15.9 Å². The summed E-state index contributed by atoms with van der Waals surface area (Å²) in [6.07, 6.45) is 1.79. The lowest BCUT2D eigenvalue weighted by Gasteiger charge is -1.86. The summed E-state index contributed by atoms with van der Waals surface area (Å²) in [5, 5.41) is 0. The average Bonchev–Trinajstić information content (AvgIpc) is 1.77. The molecule has 8 heavy (non-hydrogen) atoms. The van der Waals surface area contributed by atoms with Gasteiger partial charge in [0, 0.05) is 12.3 Å². The number of hydrogen-bond donors (Lipinski definition) is 0. The van der Waals surface area contributed by atoms with Crippen molar-refractivity contribution in [2.75, 3.05) is 0 Å². The van der Waals surface area contributed by atoms with E-state index in [0.717, 1.165) is 10.2 Å². The van der Waals surface area contributed by atoms with Crippen LogP contribution in [0, 0.1) is 13.0 Å². The SMILES string of the molecule is Cc1c[c]c(Br)nc1. The maximum Gasteiger partial charge on any atom is 0.113 e. The molecule has 0 N–H and O–H groups in total. The monoisotopic (exact) mass is 170 g/mol. The number of pyridine rings is 1. The number of rotatable bonds is 0. The Kier molecular flexibility index (Phi) is 1.63. The minimum atomic E-state index is 0.767. The van der Waals surface area contributed by atoms with Crippen LogP contribution in [0.25, 0.3) is 0 Å². The smallest absolute Gasteiger partial charge is 0.113 e. The molecule has 0 saturated carbocycles. The van der Waals surface area contributed by atoms with Gasteiger partial charge in [-0.05, 0) is 34.5 Å². The van der Waals surface area contributed by atoms with Crippen molar-refractivity contribution in [1.82, 2.24) is 4.98 Å². The van der Waals surface area contributed by atoms with Crippen molar-refractivity contribution in [1.29, 1.82) is 0 Å². The molecule has 0 saturated heterocycles. The lowest BCUT2D eigenvalue weighted by Crippen LogP contribution is -1.74. The average molecular weight is 171 g/mol. The van der Waals surface area contributed by atoms with Crippen molar-refractivity contribution in [3.8, 4) is 0 Å². The van der Waals surface area contributed by atoms with E-state index >= 15 is 0 Å². The van der Waals surface area contributed by atoms with E-state index < -0.39 is 0 Å². The third-order valence-electron chi connectivity index (χ3n) is 0.800. The lowest BCUT2D eigenvalue weighted by atomic mass is 10.3. The van der Waals surface area contributed by atoms with E-state index in [2.05, 4.69) is 27.0 Å². The molecule has 0 amide bonds. The van der Waals surface area contributed by atoms with Gasteiger partial charge >= 0.3 is 0 Å². The molecule has 0 fully saturated rings. The molecule has 1 heterocycles. The summed E-state index contributed by atoms with van der Waals surface area (Å²) in [5.74, 6) is 0. The third kappa shape index (κ3) is 1.30. The molecular formula is C6H5BrN. The van der Waals surface area contributed by atoms with Crippen molar-refractivity contribution in [2.24, 2.45) is 0 Å². The first-order chi connectivity index (χ1) is 3.79. The molecule has 1 nitrogen and oxygen atoms in total. The molecule has 0 bridgehead atoms. The molecule has 2 heteroatoms. The van der Waals surface area contributed by atoms with Gasteiger partial charge < -0.3 is 0 Å². The molecule has 0 aromatic carbocycles. The van der Waals surface area contributed by atoms with Crippen LogP contribution < -0.4 is 0 Å². The summed E-state index contributed by atoms with van der Waals surface area (Å²) in [6.45, 7) is 1.98. The molecule has 0 aliphatic heterocycles. The molecule has 1 aromatic heterocycles. The first kappa shape index (κ1) is 5.76. The largest absolute Gasteiger partial charge is 0.248 e. The summed E-state index contributed by atoms with van der Waals surface area (Å²) in [7, 11) is 0. The first-order valence-electron chi connectivity index (χ1n) is 2.29. The van der Waals surface area contributed by atoms with Gasteiger partial charge in [0.25, 0.3) is 0 Å². The zero-order valence-electron chi connectivity index (χ0n) is 4.48. The second-order valence-corrected chi connectivity index (χ2v) is 2.33. The Labute approximate surface area is 56.9 Å². The molecule has 1 radical (unpaired) electrons. The van der Waals surface area contributed by atoms with Crippen LogP contribution in [0.15, 0.2) is 16.9 Å². The van der Waals surface area contributed by atoms with Gasteiger partial charge in [0.1, 0.15) is 4.60 Å². The predicted molar refractivity (Wildman–Crippen MR) is 35.5 cm³/mol. The van der Waals surface area contributed by atoms with Gasteiger partial charge in [-0.1, -0.05) is 0 Å². The summed E-state index contributed by atoms with van der Waals surface area (Å²) in [6, 6.07) is 4.79. The highest BCUT2D eigenvalue weighted by molar-refractivity contribution is 9.10. The van der Waals surface area contributed by atoms with Gasteiger partial charge in [0.05, 0.1) is 0 Å². The van der Waals surface area contributed by atoms with E-state index in [1.165, 1.54) is 0 Å². The fourth-order valence-corrected chi connectivity index (χ4v) is 0.623. The van der Waals surface area contributed by atoms with Gasteiger partial charge in [0.15, 0.2) is 0 Å². The quantitative estimate of drug-likeness (QED) is 0.543. The summed E-state index contributed by atoms with van der Waals surface area (Å²) in [5.41, 5.74) is 1.13. The van der Waals surface area contributed by atoms with Crippen LogP contribution in [0.2, 0.25) is 0 Å². The van der Waals surface area contributed by atoms with Crippen LogP contribution in [0.1, 0.15) is 5.56 Å². The van der Waals surface area contributed by atoms with E-state index in [4.69, 9.17) is 0 Å². The zero-order valence-corrected chi connectivity index (χ0v) is 6.07. The minimum absolute atomic E-state index is 0.767.